The van der Waals surface area contributed by atoms with Crippen LogP contribution in [0, 0.1) is 12.7 Å². The van der Waals surface area contributed by atoms with Gasteiger partial charge in [-0.15, -0.1) is 0 Å². The van der Waals surface area contributed by atoms with Gasteiger partial charge >= 0.3 is 0 Å². The molecule has 4 aromatic rings. The minimum Gasteiger partial charge on any atom is -0.489 e. The van der Waals surface area contributed by atoms with Crippen LogP contribution in [0.2, 0.25) is 15.1 Å². The maximum absolute atomic E-state index is 13.8. The zero-order chi connectivity index (χ0) is 28.9. The maximum Gasteiger partial charge on any atom is 0.297 e. The van der Waals surface area contributed by atoms with Crippen molar-refractivity contribution >= 4 is 44.9 Å². The molecular weight excluding hydrogens is 614 g/mol. The van der Waals surface area contributed by atoms with E-state index in [1.807, 2.05) is 6.92 Å². The molecule has 1 saturated heterocycles. The molecule has 2 heterocycles. The van der Waals surface area contributed by atoms with E-state index in [1.54, 1.807) is 30.3 Å². The zero-order valence-electron chi connectivity index (χ0n) is 21.7. The fraction of sp³-hybridized carbons (Fsp3) is 0.276. The van der Waals surface area contributed by atoms with Crippen LogP contribution >= 0.6 is 34.8 Å². The van der Waals surface area contributed by atoms with Gasteiger partial charge in [0.05, 0.1) is 25.5 Å². The van der Waals surface area contributed by atoms with E-state index in [0.717, 1.165) is 18.4 Å². The first-order valence-corrected chi connectivity index (χ1v) is 15.4. The summed E-state index contributed by atoms with van der Waals surface area (Å²) in [5, 5.41) is 7.80. The largest absolute Gasteiger partial charge is 0.489 e. The first-order valence-electron chi connectivity index (χ1n) is 12.9. The molecule has 41 heavy (non-hydrogen) atoms. The standard InChI is InChI=1S/C29H24Cl3FN2O5S/c1-16-2-7-20(8-3-16)41(36,37)40-29(14-34-15-29)22-9-6-19(12-23(22)30)38-13-21-27(35-39-28(21)17-4-5-17)26-24(31)10-18(33)11-25(26)32/h2-3,6-12,17,34H,4-5,13-15H2,1H3. The normalized spacial score (nSPS) is 16.4. The van der Waals surface area contributed by atoms with Crippen molar-refractivity contribution in [3.05, 3.63) is 97.9 Å². The second-order valence-corrected chi connectivity index (χ2v) is 13.0. The van der Waals surface area contributed by atoms with Crippen LogP contribution < -0.4 is 10.1 Å². The van der Waals surface area contributed by atoms with E-state index in [9.17, 15) is 12.8 Å². The molecule has 1 saturated carbocycles. The smallest absolute Gasteiger partial charge is 0.297 e. The van der Waals surface area contributed by atoms with Crippen molar-refractivity contribution in [1.82, 2.24) is 10.5 Å². The highest BCUT2D eigenvalue weighted by Crippen LogP contribution is 2.46. The molecule has 7 nitrogen and oxygen atoms in total. The molecule has 1 N–H and O–H groups in total. The predicted octanol–water partition coefficient (Wildman–Crippen LogP) is 7.41. The van der Waals surface area contributed by atoms with Gasteiger partial charge in [-0.2, -0.15) is 8.42 Å². The van der Waals surface area contributed by atoms with E-state index in [-0.39, 0.29) is 40.6 Å². The number of benzene rings is 3. The zero-order valence-corrected chi connectivity index (χ0v) is 24.8. The molecule has 0 radical (unpaired) electrons. The lowest BCUT2D eigenvalue weighted by molar-refractivity contribution is 0.0190. The fourth-order valence-electron chi connectivity index (χ4n) is 4.81. The van der Waals surface area contributed by atoms with E-state index < -0.39 is 21.5 Å². The third-order valence-electron chi connectivity index (χ3n) is 7.22. The first kappa shape index (κ1) is 28.5. The second-order valence-electron chi connectivity index (χ2n) is 10.3. The van der Waals surface area contributed by atoms with Gasteiger partial charge in [-0.3, -0.25) is 4.18 Å². The van der Waals surface area contributed by atoms with E-state index in [0.29, 0.717) is 38.9 Å². The van der Waals surface area contributed by atoms with Gasteiger partial charge in [0, 0.05) is 30.1 Å². The third kappa shape index (κ3) is 5.59. The Morgan fingerprint density at radius 3 is 2.29 bits per heavy atom. The van der Waals surface area contributed by atoms with Crippen LogP contribution in [0.1, 0.15) is 41.2 Å². The number of aromatic nitrogens is 1. The Bertz CT molecular complexity index is 1710. The van der Waals surface area contributed by atoms with Crippen molar-refractivity contribution in [3.8, 4) is 17.0 Å². The number of hydrogen-bond acceptors (Lipinski definition) is 7. The molecule has 214 valence electrons. The topological polar surface area (TPSA) is 90.7 Å². The van der Waals surface area contributed by atoms with Gasteiger partial charge in [-0.1, -0.05) is 63.7 Å². The van der Waals surface area contributed by atoms with E-state index >= 15 is 0 Å². The van der Waals surface area contributed by atoms with E-state index in [2.05, 4.69) is 10.5 Å². The lowest BCUT2D eigenvalue weighted by atomic mass is 9.88. The molecule has 0 spiro atoms. The minimum absolute atomic E-state index is 0.0649. The SMILES string of the molecule is Cc1ccc(S(=O)(=O)OC2(c3ccc(OCc4c(-c5c(Cl)cc(F)cc5Cl)noc4C4CC4)cc3Cl)CNC2)cc1. The molecule has 1 aliphatic heterocycles. The molecule has 12 heteroatoms. The van der Waals surface area contributed by atoms with Crippen LogP contribution in [0.25, 0.3) is 11.3 Å². The Morgan fingerprint density at radius 1 is 1.02 bits per heavy atom. The molecule has 0 atom stereocenters. The average molecular weight is 638 g/mol. The summed E-state index contributed by atoms with van der Waals surface area (Å²) in [7, 11) is -4.05. The van der Waals surface area contributed by atoms with Crippen LogP contribution in [0.3, 0.4) is 0 Å². The molecular formula is C29H24Cl3FN2O5S. The Labute approximate surface area is 251 Å². The Hall–Kier alpha value is -2.66. The maximum atomic E-state index is 13.8. The predicted molar refractivity (Wildman–Crippen MR) is 154 cm³/mol. The van der Waals surface area contributed by atoms with Gasteiger partial charge in [0.15, 0.2) is 0 Å². The Balaban J connectivity index is 1.25. The highest BCUT2D eigenvalue weighted by molar-refractivity contribution is 7.86. The van der Waals surface area contributed by atoms with Gasteiger partial charge in [-0.25, -0.2) is 4.39 Å². The van der Waals surface area contributed by atoms with Crippen LogP contribution in [0.5, 0.6) is 5.75 Å². The van der Waals surface area contributed by atoms with Crippen LogP contribution in [0.15, 0.2) is 64.0 Å². The van der Waals surface area contributed by atoms with Crippen LogP contribution in [-0.4, -0.2) is 26.7 Å². The summed E-state index contributed by atoms with van der Waals surface area (Å²) in [6.45, 7) is 2.48. The molecule has 0 unspecified atom stereocenters. The average Bonchev–Trinajstić information content (AvgIpc) is 3.65. The molecule has 1 aliphatic carbocycles. The monoisotopic (exact) mass is 636 g/mol. The lowest BCUT2D eigenvalue weighted by Crippen LogP contribution is -2.59. The van der Waals surface area contributed by atoms with E-state index in [1.165, 1.54) is 24.3 Å². The molecule has 0 amide bonds. The molecule has 0 bridgehead atoms. The third-order valence-corrected chi connectivity index (χ3v) is 9.52. The van der Waals surface area contributed by atoms with Crippen molar-refractivity contribution in [1.29, 1.82) is 0 Å². The quantitative estimate of drug-likeness (QED) is 0.191. The summed E-state index contributed by atoms with van der Waals surface area (Å²) >= 11 is 19.3. The highest BCUT2D eigenvalue weighted by Gasteiger charge is 2.46. The fourth-order valence-corrected chi connectivity index (χ4v) is 6.99. The minimum atomic E-state index is -4.05. The number of nitrogens with zero attached hydrogens (tertiary/aromatic N) is 1. The molecule has 6 rings (SSSR count). The van der Waals surface area contributed by atoms with Crippen molar-refractivity contribution in [2.45, 2.75) is 42.8 Å². The summed E-state index contributed by atoms with van der Waals surface area (Å²) < 4.78 is 57.5. The van der Waals surface area contributed by atoms with Crippen LogP contribution in [0.4, 0.5) is 4.39 Å². The number of hydrogen-bond donors (Lipinski definition) is 1. The van der Waals surface area contributed by atoms with Crippen LogP contribution in [-0.2, 0) is 26.5 Å². The number of halogens is 4. The molecule has 3 aromatic carbocycles. The Morgan fingerprint density at radius 2 is 1.71 bits per heavy atom. The lowest BCUT2D eigenvalue weighted by Gasteiger charge is -2.42. The summed E-state index contributed by atoms with van der Waals surface area (Å²) in [5.74, 6) is 0.760. The van der Waals surface area contributed by atoms with Gasteiger partial charge < -0.3 is 14.6 Å². The number of nitrogens with one attached hydrogen (secondary N) is 1. The molecule has 1 aromatic heterocycles. The van der Waals surface area contributed by atoms with Crippen molar-refractivity contribution in [2.24, 2.45) is 0 Å². The summed E-state index contributed by atoms with van der Waals surface area (Å²) in [5.41, 5.74) is 1.72. The summed E-state index contributed by atoms with van der Waals surface area (Å²) in [4.78, 5) is 0.0720. The number of rotatable bonds is 9. The van der Waals surface area contributed by atoms with Gasteiger partial charge in [-0.05, 0) is 56.2 Å². The van der Waals surface area contributed by atoms with E-state index in [4.69, 9.17) is 48.2 Å². The number of aryl methyl sites for hydroxylation is 1. The first-order chi connectivity index (χ1) is 19.6. The second kappa shape index (κ2) is 10.9. The van der Waals surface area contributed by atoms with Gasteiger partial charge in [0.2, 0.25) is 0 Å². The molecule has 2 fully saturated rings. The summed E-state index contributed by atoms with van der Waals surface area (Å²) in [6.07, 6.45) is 1.91. The summed E-state index contributed by atoms with van der Waals surface area (Å²) in [6, 6.07) is 13.8. The van der Waals surface area contributed by atoms with Crippen molar-refractivity contribution < 1.29 is 26.3 Å². The highest BCUT2D eigenvalue weighted by atomic mass is 35.5. The van der Waals surface area contributed by atoms with Crippen molar-refractivity contribution in [3.63, 3.8) is 0 Å². The molecule has 2 aliphatic rings. The van der Waals surface area contributed by atoms with Crippen molar-refractivity contribution in [2.75, 3.05) is 13.1 Å². The Kier molecular flexibility index (Phi) is 7.55. The van der Waals surface area contributed by atoms with Gasteiger partial charge in [0.1, 0.15) is 35.2 Å². The number of ether oxygens (including phenoxy) is 1. The van der Waals surface area contributed by atoms with Gasteiger partial charge in [0.25, 0.3) is 10.1 Å².